The highest BCUT2D eigenvalue weighted by Crippen LogP contribution is 2.20. The number of hydrogen-bond acceptors (Lipinski definition) is 4. The number of carboxylic acids is 1. The van der Waals surface area contributed by atoms with Crippen LogP contribution in [0.1, 0.15) is 23.2 Å². The van der Waals surface area contributed by atoms with Crippen molar-refractivity contribution in [3.63, 3.8) is 0 Å². The topological polar surface area (TPSA) is 75.6 Å². The molecule has 0 saturated carbocycles. The van der Waals surface area contributed by atoms with Crippen molar-refractivity contribution in [2.45, 2.75) is 18.9 Å². The quantitative estimate of drug-likeness (QED) is 0.748. The van der Waals surface area contributed by atoms with Gasteiger partial charge in [0.2, 0.25) is 0 Å². The lowest BCUT2D eigenvalue weighted by Crippen LogP contribution is -2.40. The molecule has 7 heteroatoms. The Balaban J connectivity index is 2.55. The van der Waals surface area contributed by atoms with Gasteiger partial charge < -0.3 is 15.2 Å². The molecule has 0 bridgehead atoms. The number of ether oxygens (including phenoxy) is 1. The number of hydrogen-bond donors (Lipinski definition) is 2. The molecule has 2 N–H and O–H groups in total. The summed E-state index contributed by atoms with van der Waals surface area (Å²) in [4.78, 5) is 22.8. The van der Waals surface area contributed by atoms with Crippen LogP contribution in [-0.2, 0) is 9.53 Å². The molecule has 1 unspecified atom stereocenters. The number of carboxylic acid groups (broad SMARTS) is 1. The first kappa shape index (κ1) is 15.1. The number of aliphatic carboxylic acids is 1. The molecular weight excluding hydrogens is 322 g/mol. The van der Waals surface area contributed by atoms with E-state index in [-0.39, 0.29) is 5.91 Å². The number of amides is 1. The monoisotopic (exact) mass is 335 g/mol. The summed E-state index contributed by atoms with van der Waals surface area (Å²) in [7, 11) is 1.55. The number of methoxy groups -OCH3 is 1. The molecule has 1 aromatic rings. The lowest BCUT2D eigenvalue weighted by Gasteiger charge is -2.13. The molecule has 5 nitrogen and oxygen atoms in total. The van der Waals surface area contributed by atoms with Crippen LogP contribution in [-0.4, -0.2) is 36.7 Å². The van der Waals surface area contributed by atoms with Crippen LogP contribution in [0.5, 0.6) is 0 Å². The van der Waals surface area contributed by atoms with Gasteiger partial charge in [0.25, 0.3) is 5.91 Å². The Bertz CT molecular complexity index is 421. The smallest absolute Gasteiger partial charge is 0.326 e. The van der Waals surface area contributed by atoms with Crippen molar-refractivity contribution in [1.82, 2.24) is 5.32 Å². The first-order valence-corrected chi connectivity index (χ1v) is 6.98. The number of halogens is 1. The highest BCUT2D eigenvalue weighted by Gasteiger charge is 2.20. The van der Waals surface area contributed by atoms with Crippen LogP contribution in [0.15, 0.2) is 15.2 Å². The van der Waals surface area contributed by atoms with Crippen molar-refractivity contribution < 1.29 is 19.4 Å². The van der Waals surface area contributed by atoms with Crippen LogP contribution in [0, 0.1) is 0 Å². The fourth-order valence-electron chi connectivity index (χ4n) is 1.36. The van der Waals surface area contributed by atoms with Crippen LogP contribution in [0.2, 0.25) is 0 Å². The third-order valence-electron chi connectivity index (χ3n) is 2.27. The third kappa shape index (κ3) is 4.75. The Morgan fingerprint density at radius 1 is 1.61 bits per heavy atom. The second-order valence-corrected chi connectivity index (χ2v) is 5.93. The summed E-state index contributed by atoms with van der Waals surface area (Å²) in [5.41, 5.74) is 0.463. The van der Waals surface area contributed by atoms with E-state index in [0.717, 1.165) is 3.79 Å². The van der Waals surface area contributed by atoms with E-state index < -0.39 is 12.0 Å². The van der Waals surface area contributed by atoms with Crippen molar-refractivity contribution >= 4 is 39.1 Å². The van der Waals surface area contributed by atoms with E-state index in [2.05, 4.69) is 21.2 Å². The van der Waals surface area contributed by atoms with E-state index in [1.165, 1.54) is 11.3 Å². The molecule has 1 atom stereocenters. The SMILES string of the molecule is COCCCC(NC(=O)c1csc(Br)c1)C(=O)O. The average molecular weight is 336 g/mol. The predicted octanol–water partition coefficient (Wildman–Crippen LogP) is 2.12. The molecule has 0 aliphatic heterocycles. The minimum absolute atomic E-state index is 0.347. The van der Waals surface area contributed by atoms with Gasteiger partial charge in [-0.25, -0.2) is 4.79 Å². The van der Waals surface area contributed by atoms with Crippen LogP contribution in [0.25, 0.3) is 0 Å². The molecular formula is C11H14BrNO4S. The maximum absolute atomic E-state index is 11.8. The zero-order chi connectivity index (χ0) is 13.5. The Kier molecular flexibility index (Phi) is 6.31. The van der Waals surface area contributed by atoms with Crippen molar-refractivity contribution in [2.24, 2.45) is 0 Å². The summed E-state index contributed by atoms with van der Waals surface area (Å²) in [6.45, 7) is 0.476. The van der Waals surface area contributed by atoms with Gasteiger partial charge in [-0.1, -0.05) is 0 Å². The van der Waals surface area contributed by atoms with Crippen molar-refractivity contribution in [3.05, 3.63) is 20.8 Å². The first-order valence-electron chi connectivity index (χ1n) is 5.31. The number of carbonyl (C=O) groups excluding carboxylic acids is 1. The molecule has 0 radical (unpaired) electrons. The summed E-state index contributed by atoms with van der Waals surface area (Å²) in [6, 6.07) is 0.778. The van der Waals surface area contributed by atoms with Gasteiger partial charge in [0, 0.05) is 19.1 Å². The van der Waals surface area contributed by atoms with Crippen LogP contribution >= 0.6 is 27.3 Å². The lowest BCUT2D eigenvalue weighted by molar-refractivity contribution is -0.139. The van der Waals surface area contributed by atoms with Gasteiger partial charge in [-0.2, -0.15) is 0 Å². The highest BCUT2D eigenvalue weighted by atomic mass is 79.9. The van der Waals surface area contributed by atoms with Crippen molar-refractivity contribution in [1.29, 1.82) is 0 Å². The van der Waals surface area contributed by atoms with Crippen molar-refractivity contribution in [2.75, 3.05) is 13.7 Å². The largest absolute Gasteiger partial charge is 0.480 e. The summed E-state index contributed by atoms with van der Waals surface area (Å²) in [6.07, 6.45) is 0.932. The minimum Gasteiger partial charge on any atom is -0.480 e. The molecule has 1 heterocycles. The van der Waals surface area contributed by atoms with Crippen LogP contribution < -0.4 is 5.32 Å². The predicted molar refractivity (Wildman–Crippen MR) is 72.0 cm³/mol. The Morgan fingerprint density at radius 2 is 2.33 bits per heavy atom. The second-order valence-electron chi connectivity index (χ2n) is 3.64. The maximum atomic E-state index is 11.8. The molecule has 1 aromatic heterocycles. The van der Waals surface area contributed by atoms with Gasteiger partial charge in [-0.3, -0.25) is 4.79 Å². The maximum Gasteiger partial charge on any atom is 0.326 e. The molecule has 0 spiro atoms. The molecule has 0 aliphatic carbocycles. The fraction of sp³-hybridized carbons (Fsp3) is 0.455. The molecule has 1 rings (SSSR count). The normalized spacial score (nSPS) is 12.1. The van der Waals surface area contributed by atoms with E-state index in [1.807, 2.05) is 0 Å². The molecule has 0 saturated heterocycles. The third-order valence-corrected chi connectivity index (χ3v) is 3.78. The van der Waals surface area contributed by atoms with Gasteiger partial charge >= 0.3 is 5.97 Å². The Labute approximate surface area is 117 Å². The number of thiophene rings is 1. The van der Waals surface area contributed by atoms with Gasteiger partial charge in [-0.15, -0.1) is 11.3 Å². The number of nitrogens with one attached hydrogen (secondary N) is 1. The van der Waals surface area contributed by atoms with E-state index >= 15 is 0 Å². The fourth-order valence-corrected chi connectivity index (χ4v) is 2.50. The molecule has 0 fully saturated rings. The van der Waals surface area contributed by atoms with E-state index in [9.17, 15) is 9.59 Å². The summed E-state index contributed by atoms with van der Waals surface area (Å²) >= 11 is 4.63. The van der Waals surface area contributed by atoms with Crippen LogP contribution in [0.4, 0.5) is 0 Å². The molecule has 0 aliphatic rings. The molecule has 0 aromatic carbocycles. The van der Waals surface area contributed by atoms with E-state index in [0.29, 0.717) is 25.0 Å². The van der Waals surface area contributed by atoms with Gasteiger partial charge in [0.15, 0.2) is 0 Å². The lowest BCUT2D eigenvalue weighted by atomic mass is 10.1. The van der Waals surface area contributed by atoms with Gasteiger partial charge in [0.1, 0.15) is 6.04 Å². The molecule has 1 amide bonds. The summed E-state index contributed by atoms with van der Waals surface area (Å²) in [5.74, 6) is -1.41. The zero-order valence-electron chi connectivity index (χ0n) is 9.81. The Hall–Kier alpha value is -0.920. The molecule has 18 heavy (non-hydrogen) atoms. The summed E-state index contributed by atoms with van der Waals surface area (Å²) < 4.78 is 5.69. The number of rotatable bonds is 7. The zero-order valence-corrected chi connectivity index (χ0v) is 12.2. The van der Waals surface area contributed by atoms with E-state index in [4.69, 9.17) is 9.84 Å². The molecule has 100 valence electrons. The Morgan fingerprint density at radius 3 is 2.83 bits per heavy atom. The van der Waals surface area contributed by atoms with Crippen LogP contribution in [0.3, 0.4) is 0 Å². The average Bonchev–Trinajstić information content (AvgIpc) is 2.74. The second kappa shape index (κ2) is 7.50. The van der Waals surface area contributed by atoms with Crippen molar-refractivity contribution in [3.8, 4) is 0 Å². The number of carbonyl (C=O) groups is 2. The summed E-state index contributed by atoms with van der Waals surface area (Å²) in [5, 5.41) is 13.2. The van der Waals surface area contributed by atoms with Gasteiger partial charge in [0.05, 0.1) is 9.35 Å². The first-order chi connectivity index (χ1) is 8.54. The highest BCUT2D eigenvalue weighted by molar-refractivity contribution is 9.11. The van der Waals surface area contributed by atoms with E-state index in [1.54, 1.807) is 18.6 Å². The standard InChI is InChI=1S/C11H14BrNO4S/c1-17-4-2-3-8(11(15)16)13-10(14)7-5-9(12)18-6-7/h5-6,8H,2-4H2,1H3,(H,13,14)(H,15,16). The minimum atomic E-state index is -1.03. The van der Waals surface area contributed by atoms with Gasteiger partial charge in [-0.05, 0) is 34.8 Å².